The zero-order chi connectivity index (χ0) is 15.2. The number of amides is 1. The Morgan fingerprint density at radius 1 is 1.33 bits per heavy atom. The fourth-order valence-corrected chi connectivity index (χ4v) is 3.35. The Labute approximate surface area is 132 Å². The van der Waals surface area contributed by atoms with Crippen LogP contribution in [0.1, 0.15) is 50.5 Å². The highest BCUT2D eigenvalue weighted by Crippen LogP contribution is 2.28. The van der Waals surface area contributed by atoms with Gasteiger partial charge in [0.2, 0.25) is 5.91 Å². The van der Waals surface area contributed by atoms with E-state index in [2.05, 4.69) is 6.92 Å². The SMILES string of the molecule is CCC(C(=O)N(CC(N)=S)C1CCCC1)c1ccccc1. The summed E-state index contributed by atoms with van der Waals surface area (Å²) < 4.78 is 0. The summed E-state index contributed by atoms with van der Waals surface area (Å²) in [5, 5.41) is 0. The average Bonchev–Trinajstić information content (AvgIpc) is 3.00. The van der Waals surface area contributed by atoms with Gasteiger partial charge >= 0.3 is 0 Å². The van der Waals surface area contributed by atoms with Crippen molar-refractivity contribution in [3.8, 4) is 0 Å². The van der Waals surface area contributed by atoms with E-state index >= 15 is 0 Å². The smallest absolute Gasteiger partial charge is 0.230 e. The summed E-state index contributed by atoms with van der Waals surface area (Å²) >= 11 is 5.05. The van der Waals surface area contributed by atoms with Crippen LogP contribution in [0, 0.1) is 0 Å². The first kappa shape index (κ1) is 16.0. The van der Waals surface area contributed by atoms with Gasteiger partial charge in [0.15, 0.2) is 0 Å². The second-order valence-electron chi connectivity index (χ2n) is 5.74. The Balaban J connectivity index is 2.20. The van der Waals surface area contributed by atoms with Crippen LogP contribution in [0.15, 0.2) is 30.3 Å². The lowest BCUT2D eigenvalue weighted by Gasteiger charge is -2.32. The number of hydrogen-bond acceptors (Lipinski definition) is 2. The number of carbonyl (C=O) groups excluding carboxylic acids is 1. The quantitative estimate of drug-likeness (QED) is 0.821. The Morgan fingerprint density at radius 3 is 2.48 bits per heavy atom. The number of hydrogen-bond donors (Lipinski definition) is 1. The van der Waals surface area contributed by atoms with Crippen molar-refractivity contribution in [3.63, 3.8) is 0 Å². The fraction of sp³-hybridized carbons (Fsp3) is 0.529. The van der Waals surface area contributed by atoms with Crippen LogP contribution in [0.2, 0.25) is 0 Å². The van der Waals surface area contributed by atoms with Crippen LogP contribution in [0.3, 0.4) is 0 Å². The molecule has 1 aromatic rings. The van der Waals surface area contributed by atoms with Crippen LogP contribution < -0.4 is 5.73 Å². The largest absolute Gasteiger partial charge is 0.392 e. The maximum Gasteiger partial charge on any atom is 0.230 e. The van der Waals surface area contributed by atoms with Crippen molar-refractivity contribution in [1.82, 2.24) is 4.90 Å². The van der Waals surface area contributed by atoms with E-state index in [0.29, 0.717) is 17.6 Å². The van der Waals surface area contributed by atoms with E-state index in [9.17, 15) is 4.79 Å². The molecule has 1 aliphatic rings. The van der Waals surface area contributed by atoms with Crippen LogP contribution in [0.4, 0.5) is 0 Å². The van der Waals surface area contributed by atoms with Crippen molar-refractivity contribution in [2.75, 3.05) is 6.54 Å². The first-order valence-corrected chi connectivity index (χ1v) is 8.18. The maximum atomic E-state index is 13.0. The summed E-state index contributed by atoms with van der Waals surface area (Å²) in [6.45, 7) is 2.46. The van der Waals surface area contributed by atoms with Crippen molar-refractivity contribution in [2.24, 2.45) is 5.73 Å². The van der Waals surface area contributed by atoms with Gasteiger partial charge in [0, 0.05) is 6.04 Å². The minimum Gasteiger partial charge on any atom is -0.392 e. The van der Waals surface area contributed by atoms with Crippen LogP contribution in [-0.2, 0) is 4.79 Å². The summed E-state index contributed by atoms with van der Waals surface area (Å²) in [4.78, 5) is 15.3. The van der Waals surface area contributed by atoms with Crippen LogP contribution in [0.25, 0.3) is 0 Å². The molecule has 1 fully saturated rings. The van der Waals surface area contributed by atoms with Crippen LogP contribution >= 0.6 is 12.2 Å². The standard InChI is InChI=1S/C17H24N2OS/c1-2-15(13-8-4-3-5-9-13)17(20)19(12-16(18)21)14-10-6-7-11-14/h3-5,8-9,14-15H,2,6-7,10-12H2,1H3,(H2,18,21). The second kappa shape index (κ2) is 7.55. The molecule has 2 rings (SSSR count). The summed E-state index contributed by atoms with van der Waals surface area (Å²) in [7, 11) is 0. The highest BCUT2D eigenvalue weighted by Gasteiger charge is 2.31. The van der Waals surface area contributed by atoms with Gasteiger partial charge in [0.1, 0.15) is 0 Å². The number of benzene rings is 1. The predicted octanol–water partition coefficient (Wildman–Crippen LogP) is 3.24. The van der Waals surface area contributed by atoms with Crippen molar-refractivity contribution in [2.45, 2.75) is 51.0 Å². The van der Waals surface area contributed by atoms with E-state index in [-0.39, 0.29) is 11.8 Å². The molecule has 1 aromatic carbocycles. The van der Waals surface area contributed by atoms with Gasteiger partial charge in [0.05, 0.1) is 17.5 Å². The second-order valence-corrected chi connectivity index (χ2v) is 6.27. The number of nitrogens with zero attached hydrogens (tertiary/aromatic N) is 1. The Kier molecular flexibility index (Phi) is 5.74. The lowest BCUT2D eigenvalue weighted by molar-refractivity contribution is -0.134. The molecule has 21 heavy (non-hydrogen) atoms. The molecule has 0 aromatic heterocycles. The van der Waals surface area contributed by atoms with Crippen LogP contribution in [0.5, 0.6) is 0 Å². The molecule has 0 aliphatic heterocycles. The molecule has 0 saturated heterocycles. The van der Waals surface area contributed by atoms with E-state index < -0.39 is 0 Å². The van der Waals surface area contributed by atoms with Gasteiger partial charge in [-0.05, 0) is 24.8 Å². The molecule has 1 aliphatic carbocycles. The summed E-state index contributed by atoms with van der Waals surface area (Å²) in [6.07, 6.45) is 5.31. The maximum absolute atomic E-state index is 13.0. The van der Waals surface area contributed by atoms with Gasteiger partial charge in [0.25, 0.3) is 0 Å². The molecule has 1 amide bonds. The third-order valence-corrected chi connectivity index (χ3v) is 4.41. The fourth-order valence-electron chi connectivity index (χ4n) is 3.21. The molecule has 0 spiro atoms. The number of carbonyl (C=O) groups is 1. The third-order valence-electron chi connectivity index (χ3n) is 4.28. The third kappa shape index (κ3) is 4.03. The normalized spacial score (nSPS) is 16.6. The zero-order valence-corrected chi connectivity index (χ0v) is 13.4. The number of rotatable bonds is 6. The van der Waals surface area contributed by atoms with Gasteiger partial charge < -0.3 is 10.6 Å². The first-order valence-electron chi connectivity index (χ1n) is 7.77. The monoisotopic (exact) mass is 304 g/mol. The number of nitrogens with two attached hydrogens (primary N) is 1. The Bertz CT molecular complexity index is 483. The molecule has 4 heteroatoms. The molecule has 0 heterocycles. The Hall–Kier alpha value is -1.42. The Morgan fingerprint density at radius 2 is 1.95 bits per heavy atom. The first-order chi connectivity index (χ1) is 10.1. The molecule has 3 nitrogen and oxygen atoms in total. The molecular weight excluding hydrogens is 280 g/mol. The topological polar surface area (TPSA) is 46.3 Å². The highest BCUT2D eigenvalue weighted by atomic mass is 32.1. The molecule has 2 N–H and O–H groups in total. The minimum atomic E-state index is -0.0962. The van der Waals surface area contributed by atoms with Gasteiger partial charge in [-0.15, -0.1) is 0 Å². The molecular formula is C17H24N2OS. The van der Waals surface area contributed by atoms with Gasteiger partial charge in [-0.1, -0.05) is 62.3 Å². The predicted molar refractivity (Wildman–Crippen MR) is 90.2 cm³/mol. The average molecular weight is 304 g/mol. The van der Waals surface area contributed by atoms with E-state index in [1.54, 1.807) is 0 Å². The van der Waals surface area contributed by atoms with E-state index in [1.807, 2.05) is 35.2 Å². The molecule has 1 saturated carbocycles. The molecule has 1 atom stereocenters. The van der Waals surface area contributed by atoms with Gasteiger partial charge in [-0.2, -0.15) is 0 Å². The molecule has 114 valence electrons. The van der Waals surface area contributed by atoms with Crippen molar-refractivity contribution >= 4 is 23.1 Å². The summed E-state index contributed by atoms with van der Waals surface area (Å²) in [5.41, 5.74) is 6.80. The van der Waals surface area contributed by atoms with E-state index in [1.165, 1.54) is 12.8 Å². The van der Waals surface area contributed by atoms with Gasteiger partial charge in [-0.25, -0.2) is 0 Å². The van der Waals surface area contributed by atoms with E-state index in [0.717, 1.165) is 24.8 Å². The zero-order valence-electron chi connectivity index (χ0n) is 12.6. The lowest BCUT2D eigenvalue weighted by Crippen LogP contribution is -2.45. The minimum absolute atomic E-state index is 0.0962. The number of thiocarbonyl (C=S) groups is 1. The molecule has 0 radical (unpaired) electrons. The van der Waals surface area contributed by atoms with Gasteiger partial charge in [-0.3, -0.25) is 4.79 Å². The van der Waals surface area contributed by atoms with Crippen molar-refractivity contribution in [3.05, 3.63) is 35.9 Å². The molecule has 1 unspecified atom stereocenters. The molecule has 0 bridgehead atoms. The van der Waals surface area contributed by atoms with Crippen LogP contribution in [-0.4, -0.2) is 28.4 Å². The summed E-state index contributed by atoms with van der Waals surface area (Å²) in [5.74, 6) is 0.0737. The summed E-state index contributed by atoms with van der Waals surface area (Å²) in [6, 6.07) is 10.3. The van der Waals surface area contributed by atoms with Crippen molar-refractivity contribution < 1.29 is 4.79 Å². The lowest BCUT2D eigenvalue weighted by atomic mass is 9.94. The van der Waals surface area contributed by atoms with E-state index in [4.69, 9.17) is 18.0 Å². The highest BCUT2D eigenvalue weighted by molar-refractivity contribution is 7.80. The van der Waals surface area contributed by atoms with Crippen molar-refractivity contribution in [1.29, 1.82) is 0 Å².